The van der Waals surface area contributed by atoms with Gasteiger partial charge in [0.1, 0.15) is 12.2 Å². The number of methoxy groups -OCH3 is 5. The number of hydrogen-bond donors (Lipinski definition) is 7. The number of ether oxygens (including phenoxy) is 7. The van der Waals surface area contributed by atoms with Crippen LogP contribution in [0.1, 0.15) is 81.1 Å². The van der Waals surface area contributed by atoms with Crippen LogP contribution in [-0.2, 0) is 61.9 Å². The minimum absolute atomic E-state index is 0.0801. The summed E-state index contributed by atoms with van der Waals surface area (Å²) in [6.45, 7) is 13.8. The number of aliphatic hydroxyl groups excluding tert-OH is 2. The number of Topliss-reactive ketones (excluding diaryl/α,β-unsaturated/α-hetero) is 2. The van der Waals surface area contributed by atoms with Crippen LogP contribution in [0.2, 0.25) is 0 Å². The van der Waals surface area contributed by atoms with Crippen molar-refractivity contribution in [2.24, 2.45) is 40.9 Å². The molecule has 0 unspecified atom stereocenters. The number of carbonyl (C=O) groups is 8. The second kappa shape index (κ2) is 30.9. The number of primary amides is 2. The molecule has 4 aliphatic rings. The topological polar surface area (TPSA) is 344 Å². The van der Waals surface area contributed by atoms with Gasteiger partial charge in [-0.05, 0) is 76.4 Å². The molecule has 4 bridgehead atoms. The van der Waals surface area contributed by atoms with E-state index >= 15 is 0 Å². The van der Waals surface area contributed by atoms with Crippen LogP contribution in [0.5, 0.6) is 0 Å². The van der Waals surface area contributed by atoms with E-state index in [2.05, 4.69) is 10.6 Å². The largest absolute Gasteiger partial charge is 0.492 e. The van der Waals surface area contributed by atoms with Crippen LogP contribution < -0.4 is 27.8 Å². The Morgan fingerprint density at radius 3 is 1.33 bits per heavy atom. The third-order valence-electron chi connectivity index (χ3n) is 13.8. The predicted octanol–water partition coefficient (Wildman–Crippen LogP) is 4.13. The van der Waals surface area contributed by atoms with Gasteiger partial charge in [-0.3, -0.25) is 28.8 Å². The van der Waals surface area contributed by atoms with Crippen molar-refractivity contribution in [2.45, 2.75) is 130 Å². The Hall–Kier alpha value is -7.08. The highest BCUT2D eigenvalue weighted by molar-refractivity contribution is 6.24. The summed E-state index contributed by atoms with van der Waals surface area (Å²) >= 11 is 0. The molecule has 22 heteroatoms. The average molecular weight is 1110 g/mol. The summed E-state index contributed by atoms with van der Waals surface area (Å²) in [4.78, 5) is 101. The van der Waals surface area contributed by atoms with Gasteiger partial charge in [-0.1, -0.05) is 76.3 Å². The van der Waals surface area contributed by atoms with Crippen LogP contribution in [0.4, 0.5) is 9.59 Å². The highest BCUT2D eigenvalue weighted by atomic mass is 16.6. The molecule has 2 heterocycles. The monoisotopic (exact) mass is 1110 g/mol. The Balaban J connectivity index is 0.000000415. The standard InChI is InChI=1S/C29H40N2O9.C28H39N3O8/c1-15-11-19-25(34)20(14-21(32)27(19)39-7)31-28(35)16(2)9-8-10-22(37-5)26(40-29(30)36)18(4)13-17(3)24(33)23(12-15)38-6;1-14-10-18-23(29)20(32)13-19(25(18)34)31-27(35)15(2)8-7-9-21(37-5)26(39-28(30)36)17(4)12-16(3)24(33)22(11-14)38-6/h8-10,13-15,17,22-24,26,33H,11-12H2,1-7H3,(H2,30,36)(H,31,35);7-9,12-14,16,21-22,24,26,33H,10-11,29H2,1-6H3,(H2,30,36)(H,31,35)/b10-8-,16-9+,18-13+;9-7-,15-8+,17-12+/t15-,17+,22+,23+,24-,26+;14-,16+,21+,22+,24-,26+/m11/s1. The lowest BCUT2D eigenvalue weighted by Crippen LogP contribution is -2.37. The summed E-state index contributed by atoms with van der Waals surface area (Å²) in [6.07, 6.45) is 7.16. The van der Waals surface area contributed by atoms with Crippen molar-refractivity contribution in [2.75, 3.05) is 35.5 Å². The SMILES string of the molecule is COC1=C2C[C@@H](C)C[C@H](OC)[C@H](O)[C@@H](C)/C=C(\C)[C@H](OC(N)=O)[C@@H](OC)/C=C\C=C(/C)C(=O)NC(=CC1=O)C2=O.CO[C@H]1/C=C\C=C(/C)C(=O)NC2=CC(=O)C(N)=C(C[C@@H](C)C[C@H](OC)[C@H](O)[C@@H](C)/C=C(\C)[C@@H]1OC(N)=O)C2=O. The van der Waals surface area contributed by atoms with Crippen LogP contribution in [0.15, 0.2) is 117 Å². The zero-order chi connectivity index (χ0) is 59.6. The van der Waals surface area contributed by atoms with Gasteiger partial charge in [-0.25, -0.2) is 9.59 Å². The van der Waals surface area contributed by atoms with E-state index in [1.165, 1.54) is 67.6 Å². The molecule has 4 amide bonds. The summed E-state index contributed by atoms with van der Waals surface area (Å²) in [7, 11) is 7.11. The summed E-state index contributed by atoms with van der Waals surface area (Å²) in [5.74, 6) is -4.75. The predicted molar refractivity (Wildman–Crippen MR) is 290 cm³/mol. The molecule has 0 fully saturated rings. The average Bonchev–Trinajstić information content (AvgIpc) is 3.39. The van der Waals surface area contributed by atoms with Crippen LogP contribution >= 0.6 is 0 Å². The maximum absolute atomic E-state index is 13.3. The maximum atomic E-state index is 13.3. The zero-order valence-electron chi connectivity index (χ0n) is 47.3. The van der Waals surface area contributed by atoms with Gasteiger partial charge in [0.2, 0.25) is 23.1 Å². The van der Waals surface area contributed by atoms with Crippen molar-refractivity contribution in [3.05, 3.63) is 117 Å². The lowest BCUT2D eigenvalue weighted by atomic mass is 9.85. The normalized spacial score (nSPS) is 33.0. The Labute approximate surface area is 461 Å². The van der Waals surface area contributed by atoms with Crippen molar-refractivity contribution in [1.29, 1.82) is 0 Å². The fourth-order valence-electron chi connectivity index (χ4n) is 9.39. The molecule has 2 aliphatic carbocycles. The van der Waals surface area contributed by atoms with Gasteiger partial charge in [-0.2, -0.15) is 0 Å². The summed E-state index contributed by atoms with van der Waals surface area (Å²) in [6, 6.07) is 0. The van der Waals surface area contributed by atoms with Crippen LogP contribution in [0, 0.1) is 23.7 Å². The molecule has 2 aliphatic heterocycles. The van der Waals surface area contributed by atoms with E-state index in [-0.39, 0.29) is 69.8 Å². The molecule has 434 valence electrons. The lowest BCUT2D eigenvalue weighted by molar-refractivity contribution is -0.121. The molecular formula is C57H79N5O17. The Morgan fingerprint density at radius 1 is 0.582 bits per heavy atom. The van der Waals surface area contributed by atoms with E-state index in [0.717, 1.165) is 12.2 Å². The minimum atomic E-state index is -1.00. The lowest BCUT2D eigenvalue weighted by Gasteiger charge is -2.29. The Morgan fingerprint density at radius 2 is 0.962 bits per heavy atom. The van der Waals surface area contributed by atoms with Gasteiger partial charge in [0.15, 0.2) is 18.0 Å². The number of nitrogens with one attached hydrogen (secondary N) is 2. The van der Waals surface area contributed by atoms with Crippen LogP contribution in [0.3, 0.4) is 0 Å². The number of ketones is 4. The molecule has 0 aromatic carbocycles. The molecule has 12 atom stereocenters. The van der Waals surface area contributed by atoms with E-state index in [1.807, 2.05) is 13.8 Å². The first-order chi connectivity index (χ1) is 37.1. The molecule has 0 saturated carbocycles. The Kier molecular flexibility index (Phi) is 25.9. The molecule has 0 saturated heterocycles. The first-order valence-corrected chi connectivity index (χ1v) is 25.6. The van der Waals surface area contributed by atoms with E-state index in [9.17, 15) is 48.6 Å². The van der Waals surface area contributed by atoms with Crippen molar-refractivity contribution in [1.82, 2.24) is 10.6 Å². The van der Waals surface area contributed by atoms with Crippen molar-refractivity contribution in [3.8, 4) is 0 Å². The molecular weight excluding hydrogens is 1030 g/mol. The first-order valence-electron chi connectivity index (χ1n) is 25.6. The smallest absolute Gasteiger partial charge is 0.405 e. The second-order valence-electron chi connectivity index (χ2n) is 20.1. The fraction of sp³-hybridized carbons (Fsp3) is 0.509. The maximum Gasteiger partial charge on any atom is 0.405 e. The molecule has 0 spiro atoms. The number of fused-ring (bicyclic) bond motifs is 4. The van der Waals surface area contributed by atoms with E-state index in [1.54, 1.807) is 58.1 Å². The molecule has 10 N–H and O–H groups in total. The van der Waals surface area contributed by atoms with Gasteiger partial charge in [0.25, 0.3) is 11.8 Å². The highest BCUT2D eigenvalue weighted by Gasteiger charge is 2.36. The summed E-state index contributed by atoms with van der Waals surface area (Å²) < 4.78 is 38.2. The van der Waals surface area contributed by atoms with Gasteiger partial charge < -0.3 is 71.2 Å². The second-order valence-corrected chi connectivity index (χ2v) is 20.1. The molecule has 4 rings (SSSR count). The number of rotatable bonds is 7. The molecule has 0 aromatic heterocycles. The number of allylic oxidation sites excluding steroid dienone is 8. The van der Waals surface area contributed by atoms with Gasteiger partial charge in [0.05, 0.1) is 48.6 Å². The van der Waals surface area contributed by atoms with Gasteiger partial charge in [-0.15, -0.1) is 0 Å². The highest BCUT2D eigenvalue weighted by Crippen LogP contribution is 2.31. The zero-order valence-corrected chi connectivity index (χ0v) is 47.3. The molecule has 79 heavy (non-hydrogen) atoms. The number of hydrogen-bond acceptors (Lipinski definition) is 18. The third-order valence-corrected chi connectivity index (χ3v) is 13.8. The molecule has 0 aromatic rings. The van der Waals surface area contributed by atoms with Crippen LogP contribution in [-0.4, -0.2) is 142 Å². The Bertz CT molecular complexity index is 2640. The van der Waals surface area contributed by atoms with Crippen molar-refractivity contribution >= 4 is 47.1 Å². The third kappa shape index (κ3) is 18.5. The number of aliphatic hydroxyl groups is 2. The fourth-order valence-corrected chi connectivity index (χ4v) is 9.39. The quantitative estimate of drug-likeness (QED) is 0.139. The summed E-state index contributed by atoms with van der Waals surface area (Å²) in [5.41, 5.74) is 18.0. The summed E-state index contributed by atoms with van der Waals surface area (Å²) in [5, 5.41) is 27.3. The molecule has 22 nitrogen and oxygen atoms in total. The number of carbonyl (C=O) groups excluding carboxylic acids is 8. The van der Waals surface area contributed by atoms with Crippen LogP contribution in [0.25, 0.3) is 0 Å². The van der Waals surface area contributed by atoms with Gasteiger partial charge >= 0.3 is 12.2 Å². The van der Waals surface area contributed by atoms with Crippen molar-refractivity contribution < 1.29 is 81.7 Å². The number of nitrogens with two attached hydrogens (primary N) is 3. The van der Waals surface area contributed by atoms with E-state index in [4.69, 9.17) is 50.4 Å². The van der Waals surface area contributed by atoms with E-state index in [0.29, 0.717) is 24.0 Å². The number of amides is 4. The minimum Gasteiger partial charge on any atom is -0.492 e. The molecule has 0 radical (unpaired) electrons. The van der Waals surface area contributed by atoms with Crippen molar-refractivity contribution in [3.63, 3.8) is 0 Å². The van der Waals surface area contributed by atoms with E-state index < -0.39 is 108 Å². The first kappa shape index (κ1) is 66.2. The van der Waals surface area contributed by atoms with Gasteiger partial charge in [0, 0.05) is 74.7 Å².